The van der Waals surface area contributed by atoms with E-state index in [1.165, 1.54) is 24.3 Å². The highest BCUT2D eigenvalue weighted by Gasteiger charge is 2.40. The number of sulfonamides is 1. The number of halogens is 1. The SMILES string of the molecule is O=C(CCN1C(=O)c2ccccc2S1(=O)=O)Nc1ccc(F)c([N+](=O)[O-])c1. The minimum absolute atomic E-state index is 0.0213. The lowest BCUT2D eigenvalue weighted by atomic mass is 10.2. The minimum atomic E-state index is -4.02. The Balaban J connectivity index is 1.69. The Kier molecular flexibility index (Phi) is 4.62. The number of carbonyl (C=O) groups excluding carboxylic acids is 2. The van der Waals surface area contributed by atoms with Gasteiger partial charge in [0.1, 0.15) is 4.90 Å². The van der Waals surface area contributed by atoms with Crippen LogP contribution in [0, 0.1) is 15.9 Å². The molecule has 9 nitrogen and oxygen atoms in total. The molecule has 2 aromatic carbocycles. The molecule has 0 saturated heterocycles. The summed E-state index contributed by atoms with van der Waals surface area (Å²) in [5, 5.41) is 13.0. The van der Waals surface area contributed by atoms with Crippen molar-refractivity contribution in [3.8, 4) is 0 Å². The smallest absolute Gasteiger partial charge is 0.306 e. The summed E-state index contributed by atoms with van der Waals surface area (Å²) in [5.41, 5.74) is -0.792. The van der Waals surface area contributed by atoms with Crippen molar-refractivity contribution in [1.29, 1.82) is 0 Å². The van der Waals surface area contributed by atoms with E-state index < -0.39 is 44.8 Å². The van der Waals surface area contributed by atoms with Gasteiger partial charge in [0.05, 0.1) is 10.5 Å². The molecule has 0 aromatic heterocycles. The van der Waals surface area contributed by atoms with E-state index in [9.17, 15) is 32.5 Å². The van der Waals surface area contributed by atoms with Crippen molar-refractivity contribution in [1.82, 2.24) is 4.31 Å². The lowest BCUT2D eigenvalue weighted by molar-refractivity contribution is -0.387. The minimum Gasteiger partial charge on any atom is -0.326 e. The number of nitro groups is 1. The highest BCUT2D eigenvalue weighted by Crippen LogP contribution is 2.30. The molecule has 3 rings (SSSR count). The van der Waals surface area contributed by atoms with Gasteiger partial charge in [0.25, 0.3) is 15.9 Å². The van der Waals surface area contributed by atoms with Crippen molar-refractivity contribution in [2.24, 2.45) is 0 Å². The third-order valence-electron chi connectivity index (χ3n) is 3.88. The molecule has 1 heterocycles. The number of hydrogen-bond acceptors (Lipinski definition) is 6. The Morgan fingerprint density at radius 3 is 2.59 bits per heavy atom. The summed E-state index contributed by atoms with van der Waals surface area (Å²) < 4.78 is 38.7. The first-order valence-corrected chi connectivity index (χ1v) is 9.05. The van der Waals surface area contributed by atoms with Crippen LogP contribution in [0.3, 0.4) is 0 Å². The monoisotopic (exact) mass is 393 g/mol. The van der Waals surface area contributed by atoms with Crippen LogP contribution in [0.2, 0.25) is 0 Å². The quantitative estimate of drug-likeness (QED) is 0.611. The summed E-state index contributed by atoms with van der Waals surface area (Å²) in [7, 11) is -4.02. The number of nitrogens with one attached hydrogen (secondary N) is 1. The second-order valence-corrected chi connectivity index (χ2v) is 7.43. The molecule has 11 heteroatoms. The predicted molar refractivity (Wildman–Crippen MR) is 91.0 cm³/mol. The van der Waals surface area contributed by atoms with Gasteiger partial charge in [0, 0.05) is 24.7 Å². The number of nitro benzene ring substituents is 1. The van der Waals surface area contributed by atoms with E-state index in [-0.39, 0.29) is 22.6 Å². The second-order valence-electron chi connectivity index (χ2n) is 5.60. The van der Waals surface area contributed by atoms with E-state index in [0.717, 1.165) is 18.2 Å². The van der Waals surface area contributed by atoms with Crippen LogP contribution >= 0.6 is 0 Å². The molecular weight excluding hydrogens is 381 g/mol. The predicted octanol–water partition coefficient (Wildman–Crippen LogP) is 1.91. The normalized spacial score (nSPS) is 14.7. The van der Waals surface area contributed by atoms with Gasteiger partial charge in [-0.25, -0.2) is 12.7 Å². The summed E-state index contributed by atoms with van der Waals surface area (Å²) >= 11 is 0. The molecule has 1 aliphatic rings. The van der Waals surface area contributed by atoms with Crippen LogP contribution in [-0.4, -0.2) is 36.0 Å². The maximum absolute atomic E-state index is 13.3. The van der Waals surface area contributed by atoms with Crippen LogP contribution in [0.15, 0.2) is 47.4 Å². The Hall–Kier alpha value is -3.34. The van der Waals surface area contributed by atoms with Crippen molar-refractivity contribution in [3.05, 3.63) is 64.0 Å². The molecule has 2 amide bonds. The highest BCUT2D eigenvalue weighted by atomic mass is 32.2. The number of fused-ring (bicyclic) bond motifs is 1. The van der Waals surface area contributed by atoms with E-state index in [2.05, 4.69) is 5.32 Å². The second kappa shape index (κ2) is 6.76. The summed E-state index contributed by atoms with van der Waals surface area (Å²) in [6.45, 7) is -0.398. The summed E-state index contributed by atoms with van der Waals surface area (Å²) in [6, 6.07) is 8.52. The molecule has 0 atom stereocenters. The van der Waals surface area contributed by atoms with Crippen LogP contribution in [-0.2, 0) is 14.8 Å². The van der Waals surface area contributed by atoms with Gasteiger partial charge in [-0.3, -0.25) is 19.7 Å². The van der Waals surface area contributed by atoms with Gasteiger partial charge < -0.3 is 5.32 Å². The zero-order chi connectivity index (χ0) is 19.8. The molecule has 2 aromatic rings. The van der Waals surface area contributed by atoms with Gasteiger partial charge >= 0.3 is 5.69 Å². The molecule has 0 bridgehead atoms. The topological polar surface area (TPSA) is 127 Å². The van der Waals surface area contributed by atoms with Crippen molar-refractivity contribution in [3.63, 3.8) is 0 Å². The van der Waals surface area contributed by atoms with Crippen molar-refractivity contribution < 1.29 is 27.3 Å². The maximum Gasteiger partial charge on any atom is 0.306 e. The van der Waals surface area contributed by atoms with Gasteiger partial charge in [-0.05, 0) is 24.3 Å². The first-order valence-electron chi connectivity index (χ1n) is 7.61. The number of amides is 2. The molecule has 27 heavy (non-hydrogen) atoms. The van der Waals surface area contributed by atoms with E-state index in [1.54, 1.807) is 0 Å². The summed E-state index contributed by atoms with van der Waals surface area (Å²) in [6.07, 6.45) is -0.371. The van der Waals surface area contributed by atoms with Gasteiger partial charge in [0.2, 0.25) is 11.7 Å². The van der Waals surface area contributed by atoms with Crippen LogP contribution in [0.1, 0.15) is 16.8 Å². The van der Waals surface area contributed by atoms with Gasteiger partial charge in [-0.1, -0.05) is 12.1 Å². The van der Waals surface area contributed by atoms with Crippen LogP contribution in [0.25, 0.3) is 0 Å². The summed E-state index contributed by atoms with van der Waals surface area (Å²) in [5.74, 6) is -2.46. The number of benzene rings is 2. The molecule has 1 aliphatic heterocycles. The first-order chi connectivity index (χ1) is 12.7. The standard InChI is InChI=1S/C16H12FN3O6S/c17-12-6-5-10(9-13(12)20(23)24)18-15(21)7-8-19-16(22)11-3-1-2-4-14(11)27(19,25)26/h1-6,9H,7-8H2,(H,18,21). The number of anilines is 1. The van der Waals surface area contributed by atoms with Crippen molar-refractivity contribution in [2.45, 2.75) is 11.3 Å². The summed E-state index contributed by atoms with van der Waals surface area (Å²) in [4.78, 5) is 33.9. The van der Waals surface area contributed by atoms with E-state index in [4.69, 9.17) is 0 Å². The van der Waals surface area contributed by atoms with Crippen molar-refractivity contribution in [2.75, 3.05) is 11.9 Å². The first kappa shape index (κ1) is 18.5. The molecule has 0 radical (unpaired) electrons. The number of rotatable bonds is 5. The third kappa shape index (κ3) is 3.36. The molecule has 0 unspecified atom stereocenters. The molecule has 1 N–H and O–H groups in total. The lowest BCUT2D eigenvalue weighted by Gasteiger charge is -2.14. The Morgan fingerprint density at radius 2 is 1.93 bits per heavy atom. The molecule has 0 fully saturated rings. The fraction of sp³-hybridized carbons (Fsp3) is 0.125. The lowest BCUT2D eigenvalue weighted by Crippen LogP contribution is -2.33. The molecule has 0 saturated carbocycles. The average molecular weight is 393 g/mol. The Labute approximate surface area is 152 Å². The van der Waals surface area contributed by atoms with E-state index in [0.29, 0.717) is 4.31 Å². The molecule has 0 spiro atoms. The zero-order valence-electron chi connectivity index (χ0n) is 13.6. The fourth-order valence-electron chi connectivity index (χ4n) is 2.61. The third-order valence-corrected chi connectivity index (χ3v) is 5.72. The average Bonchev–Trinajstić information content (AvgIpc) is 2.81. The maximum atomic E-state index is 13.3. The van der Waals surface area contributed by atoms with Crippen molar-refractivity contribution >= 4 is 33.2 Å². The molecular formula is C16H12FN3O6S. The Morgan fingerprint density at radius 1 is 1.22 bits per heavy atom. The van der Waals surface area contributed by atoms with Crippen LogP contribution in [0.4, 0.5) is 15.8 Å². The van der Waals surface area contributed by atoms with Gasteiger partial charge in [0.15, 0.2) is 0 Å². The molecule has 0 aliphatic carbocycles. The largest absolute Gasteiger partial charge is 0.326 e. The number of hydrogen-bond donors (Lipinski definition) is 1. The number of carbonyl (C=O) groups is 2. The Bertz CT molecular complexity index is 1070. The molecule has 140 valence electrons. The van der Waals surface area contributed by atoms with Crippen LogP contribution < -0.4 is 5.32 Å². The van der Waals surface area contributed by atoms with Crippen LogP contribution in [0.5, 0.6) is 0 Å². The van der Waals surface area contributed by atoms with Gasteiger partial charge in [-0.15, -0.1) is 0 Å². The van der Waals surface area contributed by atoms with E-state index in [1.807, 2.05) is 0 Å². The number of nitrogens with zero attached hydrogens (tertiary/aromatic N) is 2. The van der Waals surface area contributed by atoms with E-state index >= 15 is 0 Å². The zero-order valence-corrected chi connectivity index (χ0v) is 14.4. The fourth-order valence-corrected chi connectivity index (χ4v) is 4.18. The van der Waals surface area contributed by atoms with Gasteiger partial charge in [-0.2, -0.15) is 4.39 Å². The highest BCUT2D eigenvalue weighted by molar-refractivity contribution is 7.90.